The van der Waals surface area contributed by atoms with Crippen LogP contribution in [0.25, 0.3) is 0 Å². The minimum atomic E-state index is -0.811. The summed E-state index contributed by atoms with van der Waals surface area (Å²) >= 11 is 0. The molecule has 49 heavy (non-hydrogen) atoms. The van der Waals surface area contributed by atoms with E-state index in [4.69, 9.17) is 9.47 Å². The Hall–Kier alpha value is -4.43. The van der Waals surface area contributed by atoms with Gasteiger partial charge >= 0.3 is 5.97 Å². The van der Waals surface area contributed by atoms with Gasteiger partial charge in [0.05, 0.1) is 12.1 Å². The molecule has 0 fully saturated rings. The monoisotopic (exact) mass is 669 g/mol. The minimum absolute atomic E-state index is 0.0153. The predicted molar refractivity (Wildman–Crippen MR) is 196 cm³/mol. The van der Waals surface area contributed by atoms with Crippen molar-refractivity contribution in [1.82, 2.24) is 15.5 Å². The molecule has 3 atom stereocenters. The lowest BCUT2D eigenvalue weighted by molar-refractivity contribution is -0.141. The van der Waals surface area contributed by atoms with Crippen LogP contribution in [0.2, 0.25) is 0 Å². The lowest BCUT2D eigenvalue weighted by Crippen LogP contribution is -2.61. The van der Waals surface area contributed by atoms with Gasteiger partial charge in [-0.1, -0.05) is 127 Å². The Morgan fingerprint density at radius 3 is 1.88 bits per heavy atom. The van der Waals surface area contributed by atoms with E-state index >= 15 is 0 Å². The summed E-state index contributed by atoms with van der Waals surface area (Å²) in [7, 11) is 3.48. The van der Waals surface area contributed by atoms with Crippen molar-refractivity contribution < 1.29 is 23.9 Å². The molecule has 3 rings (SSSR count). The molecule has 0 aliphatic rings. The number of esters is 1. The Morgan fingerprint density at radius 2 is 1.35 bits per heavy atom. The van der Waals surface area contributed by atoms with Crippen LogP contribution in [0.4, 0.5) is 0 Å². The van der Waals surface area contributed by atoms with E-state index in [1.807, 2.05) is 133 Å². The second kappa shape index (κ2) is 17.3. The minimum Gasteiger partial charge on any atom is -0.489 e. The number of amides is 2. The number of nitrogens with one attached hydrogen (secondary N) is 2. The van der Waals surface area contributed by atoms with E-state index in [1.165, 1.54) is 0 Å². The van der Waals surface area contributed by atoms with Gasteiger partial charge in [0.2, 0.25) is 11.8 Å². The third kappa shape index (κ3) is 10.8. The van der Waals surface area contributed by atoms with Gasteiger partial charge in [-0.15, -0.1) is 0 Å². The standard InChI is InChI=1S/C41H55N3O5/c1-28(2)34(25-29(3)39(47)49-27-31-21-23-33(24-22-31)48-26-30-17-13-11-14-18-30)44(10)38(46)36(40(4,5)6)43-37(45)35(42-9)41(7,8)32-19-15-12-16-20-32/h11-25,28,34-36,42H,26-27H2,1-10H3,(H,43,45)/b29-25+/t34-,35-,36-/m1/s1. The number of rotatable bonds is 15. The maximum atomic E-state index is 14.2. The van der Waals surface area contributed by atoms with Crippen LogP contribution in [0.3, 0.4) is 0 Å². The number of nitrogens with zero attached hydrogens (tertiary/aromatic N) is 1. The molecule has 264 valence electrons. The highest BCUT2D eigenvalue weighted by atomic mass is 16.5. The molecule has 0 aliphatic heterocycles. The highest BCUT2D eigenvalue weighted by Crippen LogP contribution is 2.29. The van der Waals surface area contributed by atoms with Crippen LogP contribution in [-0.4, -0.2) is 54.9 Å². The molecule has 3 aromatic carbocycles. The van der Waals surface area contributed by atoms with Crippen molar-refractivity contribution in [1.29, 1.82) is 0 Å². The third-order valence-corrected chi connectivity index (χ3v) is 8.95. The van der Waals surface area contributed by atoms with Crippen molar-refractivity contribution in [3.05, 3.63) is 113 Å². The fourth-order valence-electron chi connectivity index (χ4n) is 5.84. The molecule has 2 N–H and O–H groups in total. The third-order valence-electron chi connectivity index (χ3n) is 8.95. The van der Waals surface area contributed by atoms with Crippen LogP contribution in [0, 0.1) is 11.3 Å². The topological polar surface area (TPSA) is 97.0 Å². The molecule has 0 saturated carbocycles. The smallest absolute Gasteiger partial charge is 0.333 e. The molecule has 0 spiro atoms. The van der Waals surface area contributed by atoms with Crippen LogP contribution in [0.1, 0.15) is 72.1 Å². The molecule has 3 aromatic rings. The summed E-state index contributed by atoms with van der Waals surface area (Å²) in [6, 6.07) is 25.4. The lowest BCUT2D eigenvalue weighted by Gasteiger charge is -2.40. The Balaban J connectivity index is 1.68. The molecular formula is C41H55N3O5. The Kier molecular flexibility index (Phi) is 13.8. The molecule has 0 aliphatic carbocycles. The van der Waals surface area contributed by atoms with Crippen molar-refractivity contribution in [2.45, 2.75) is 92.1 Å². The zero-order valence-electron chi connectivity index (χ0n) is 30.9. The van der Waals surface area contributed by atoms with E-state index in [0.29, 0.717) is 12.2 Å². The molecule has 0 heterocycles. The molecule has 8 heteroatoms. The molecular weight excluding hydrogens is 614 g/mol. The predicted octanol–water partition coefficient (Wildman–Crippen LogP) is 6.83. The Morgan fingerprint density at radius 1 is 0.796 bits per heavy atom. The van der Waals surface area contributed by atoms with Crippen LogP contribution >= 0.6 is 0 Å². The van der Waals surface area contributed by atoms with Gasteiger partial charge in [-0.25, -0.2) is 4.79 Å². The number of ether oxygens (including phenoxy) is 2. The highest BCUT2D eigenvalue weighted by molar-refractivity contribution is 5.92. The van der Waals surface area contributed by atoms with Gasteiger partial charge in [0.15, 0.2) is 0 Å². The van der Waals surface area contributed by atoms with Crippen LogP contribution in [0.15, 0.2) is 96.6 Å². The van der Waals surface area contributed by atoms with Crippen LogP contribution in [-0.2, 0) is 37.7 Å². The number of hydrogen-bond donors (Lipinski definition) is 2. The summed E-state index contributed by atoms with van der Waals surface area (Å²) in [5, 5.41) is 6.26. The molecule has 8 nitrogen and oxygen atoms in total. The number of hydrogen-bond acceptors (Lipinski definition) is 6. The second-order valence-corrected chi connectivity index (χ2v) is 14.6. The molecule has 0 saturated heterocycles. The molecule has 0 radical (unpaired) electrons. The van der Waals surface area contributed by atoms with Crippen molar-refractivity contribution in [2.75, 3.05) is 14.1 Å². The summed E-state index contributed by atoms with van der Waals surface area (Å²) in [5.74, 6) is -0.243. The Bertz CT molecular complexity index is 1540. The van der Waals surface area contributed by atoms with Gasteiger partial charge in [-0.3, -0.25) is 9.59 Å². The van der Waals surface area contributed by atoms with E-state index in [0.717, 1.165) is 22.4 Å². The van der Waals surface area contributed by atoms with Crippen molar-refractivity contribution in [3.63, 3.8) is 0 Å². The maximum absolute atomic E-state index is 14.2. The SMILES string of the molecule is CN[C@H](C(=O)N[C@H](C(=O)N(C)[C@H](/C=C(\C)C(=O)OCc1ccc(OCc2ccccc2)cc1)C(C)C)C(C)(C)C)C(C)(C)c1ccccc1. The number of benzene rings is 3. The average molecular weight is 670 g/mol. The summed E-state index contributed by atoms with van der Waals surface area (Å²) in [6.07, 6.45) is 1.78. The van der Waals surface area contributed by atoms with Crippen molar-refractivity contribution in [3.8, 4) is 5.75 Å². The van der Waals surface area contributed by atoms with Crippen LogP contribution < -0.4 is 15.4 Å². The zero-order chi connectivity index (χ0) is 36.4. The van der Waals surface area contributed by atoms with E-state index in [-0.39, 0.29) is 24.3 Å². The first-order valence-electron chi connectivity index (χ1n) is 17.0. The van der Waals surface area contributed by atoms with Gasteiger partial charge in [0.25, 0.3) is 0 Å². The fraction of sp³-hybridized carbons (Fsp3) is 0.439. The summed E-state index contributed by atoms with van der Waals surface area (Å²) in [5.41, 5.74) is 2.20. The van der Waals surface area contributed by atoms with Crippen LogP contribution in [0.5, 0.6) is 5.75 Å². The molecule has 2 amide bonds. The summed E-state index contributed by atoms with van der Waals surface area (Å²) in [6.45, 7) is 16.1. The number of likely N-dealkylation sites (N-methyl/N-ethyl adjacent to an activating group) is 2. The first kappa shape index (κ1) is 39.0. The first-order chi connectivity index (χ1) is 23.1. The normalized spacial score (nSPS) is 14.1. The second-order valence-electron chi connectivity index (χ2n) is 14.6. The molecule has 0 aromatic heterocycles. The van der Waals surface area contributed by atoms with E-state index < -0.39 is 34.9 Å². The van der Waals surface area contributed by atoms with Gasteiger partial charge in [0.1, 0.15) is 25.0 Å². The summed E-state index contributed by atoms with van der Waals surface area (Å²) < 4.78 is 11.5. The zero-order valence-corrected chi connectivity index (χ0v) is 30.9. The quantitative estimate of drug-likeness (QED) is 0.136. The largest absolute Gasteiger partial charge is 0.489 e. The fourth-order valence-corrected chi connectivity index (χ4v) is 5.84. The summed E-state index contributed by atoms with van der Waals surface area (Å²) in [4.78, 5) is 42.7. The molecule has 0 bridgehead atoms. The first-order valence-corrected chi connectivity index (χ1v) is 17.0. The van der Waals surface area contributed by atoms with Gasteiger partial charge in [-0.05, 0) is 54.1 Å². The highest BCUT2D eigenvalue weighted by Gasteiger charge is 2.41. The average Bonchev–Trinajstić information content (AvgIpc) is 3.07. The van der Waals surface area contributed by atoms with Gasteiger partial charge in [0, 0.05) is 18.0 Å². The number of carbonyl (C=O) groups excluding carboxylic acids is 3. The van der Waals surface area contributed by atoms with E-state index in [1.54, 1.807) is 32.0 Å². The van der Waals surface area contributed by atoms with Gasteiger partial charge in [-0.2, -0.15) is 0 Å². The lowest BCUT2D eigenvalue weighted by atomic mass is 9.76. The van der Waals surface area contributed by atoms with Gasteiger partial charge < -0.3 is 25.0 Å². The van der Waals surface area contributed by atoms with E-state index in [9.17, 15) is 14.4 Å². The Labute approximate surface area is 293 Å². The van der Waals surface area contributed by atoms with Crippen molar-refractivity contribution in [2.24, 2.45) is 11.3 Å². The molecule has 0 unspecified atom stereocenters. The van der Waals surface area contributed by atoms with Crippen molar-refractivity contribution >= 4 is 17.8 Å². The van der Waals surface area contributed by atoms with E-state index in [2.05, 4.69) is 10.6 Å². The maximum Gasteiger partial charge on any atom is 0.333 e. The number of carbonyl (C=O) groups is 3.